The number of nitrogens with zero attached hydrogens (tertiary/aromatic N) is 1. The van der Waals surface area contributed by atoms with Crippen molar-refractivity contribution in [1.82, 2.24) is 10.2 Å². The topological polar surface area (TPSA) is 75.4 Å². The van der Waals surface area contributed by atoms with Crippen LogP contribution in [0.1, 0.15) is 47.0 Å². The van der Waals surface area contributed by atoms with Gasteiger partial charge in [0.15, 0.2) is 0 Å². The van der Waals surface area contributed by atoms with Gasteiger partial charge in [-0.1, -0.05) is 27.7 Å². The van der Waals surface area contributed by atoms with Crippen LogP contribution in [0.5, 0.6) is 0 Å². The lowest BCUT2D eigenvalue weighted by Gasteiger charge is -2.30. The second-order valence-electron chi connectivity index (χ2n) is 7.21. The third-order valence-corrected chi connectivity index (χ3v) is 3.61. The fourth-order valence-corrected chi connectivity index (χ4v) is 3.03. The molecule has 0 radical (unpaired) electrons. The van der Waals surface area contributed by atoms with Crippen molar-refractivity contribution in [2.45, 2.75) is 53.0 Å². The lowest BCUT2D eigenvalue weighted by atomic mass is 9.84. The molecule has 2 atom stereocenters. The summed E-state index contributed by atoms with van der Waals surface area (Å²) in [5, 5.41) is 3.23. The Labute approximate surface area is 122 Å². The van der Waals surface area contributed by atoms with Crippen LogP contribution in [0.4, 0.5) is 0 Å². The van der Waals surface area contributed by atoms with Crippen molar-refractivity contribution >= 4 is 11.8 Å². The molecule has 1 rings (SSSR count). The normalized spacial score (nSPS) is 20.7. The average Bonchev–Trinajstić information content (AvgIpc) is 2.75. The van der Waals surface area contributed by atoms with Gasteiger partial charge in [0.2, 0.25) is 11.8 Å². The maximum Gasteiger partial charge on any atom is 0.237 e. The van der Waals surface area contributed by atoms with Crippen LogP contribution in [0.25, 0.3) is 0 Å². The van der Waals surface area contributed by atoms with E-state index in [1.54, 1.807) is 4.90 Å². The molecule has 0 aromatic heterocycles. The van der Waals surface area contributed by atoms with Crippen LogP contribution in [0.3, 0.4) is 0 Å². The molecule has 5 heteroatoms. The van der Waals surface area contributed by atoms with Crippen LogP contribution in [0.15, 0.2) is 0 Å². The first-order valence-electron chi connectivity index (χ1n) is 7.47. The van der Waals surface area contributed by atoms with Crippen LogP contribution in [-0.2, 0) is 9.59 Å². The van der Waals surface area contributed by atoms with Crippen LogP contribution in [0.2, 0.25) is 0 Å². The summed E-state index contributed by atoms with van der Waals surface area (Å²) in [5.41, 5.74) is 5.49. The van der Waals surface area contributed by atoms with Crippen molar-refractivity contribution in [2.24, 2.45) is 17.1 Å². The third-order valence-electron chi connectivity index (χ3n) is 3.61. The minimum Gasteiger partial charge on any atom is -0.368 e. The fourth-order valence-electron chi connectivity index (χ4n) is 3.03. The third kappa shape index (κ3) is 5.90. The predicted molar refractivity (Wildman–Crippen MR) is 80.0 cm³/mol. The zero-order valence-corrected chi connectivity index (χ0v) is 13.2. The number of amides is 2. The molecule has 0 bridgehead atoms. The number of hydrogen-bond acceptors (Lipinski definition) is 3. The highest BCUT2D eigenvalue weighted by Crippen LogP contribution is 2.26. The summed E-state index contributed by atoms with van der Waals surface area (Å²) >= 11 is 0. The van der Waals surface area contributed by atoms with Gasteiger partial charge < -0.3 is 16.0 Å². The van der Waals surface area contributed by atoms with E-state index >= 15 is 0 Å². The zero-order chi connectivity index (χ0) is 15.3. The Morgan fingerprint density at radius 3 is 2.50 bits per heavy atom. The maximum absolute atomic E-state index is 12.5. The highest BCUT2D eigenvalue weighted by atomic mass is 16.2. The Balaban J connectivity index is 2.60. The molecule has 1 aliphatic heterocycles. The molecule has 20 heavy (non-hydrogen) atoms. The molecule has 0 aliphatic carbocycles. The second kappa shape index (κ2) is 7.07. The Kier molecular flexibility index (Phi) is 5.99. The van der Waals surface area contributed by atoms with Gasteiger partial charge >= 0.3 is 0 Å². The Morgan fingerprint density at radius 1 is 1.40 bits per heavy atom. The van der Waals surface area contributed by atoms with E-state index in [0.717, 1.165) is 25.9 Å². The molecule has 3 N–H and O–H groups in total. The number of carbonyl (C=O) groups excluding carboxylic acids is 2. The molecule has 5 nitrogen and oxygen atoms in total. The highest BCUT2D eigenvalue weighted by molar-refractivity contribution is 5.84. The molecular formula is C15H29N3O2. The fraction of sp³-hybridized carbons (Fsp3) is 0.867. The Morgan fingerprint density at radius 2 is 2.05 bits per heavy atom. The van der Waals surface area contributed by atoms with Crippen molar-refractivity contribution in [3.8, 4) is 0 Å². The Hall–Kier alpha value is -1.10. The average molecular weight is 283 g/mol. The molecule has 1 aliphatic rings. The van der Waals surface area contributed by atoms with Crippen LogP contribution >= 0.6 is 0 Å². The summed E-state index contributed by atoms with van der Waals surface area (Å²) in [4.78, 5) is 25.3. The minimum absolute atomic E-state index is 0.0351. The second-order valence-corrected chi connectivity index (χ2v) is 7.21. The summed E-state index contributed by atoms with van der Waals surface area (Å²) in [5.74, 6) is -0.0739. The highest BCUT2D eigenvalue weighted by Gasteiger charge is 2.29. The number of nitrogens with one attached hydrogen (secondary N) is 1. The molecule has 2 unspecified atom stereocenters. The lowest BCUT2D eigenvalue weighted by molar-refractivity contribution is -0.138. The monoisotopic (exact) mass is 283 g/mol. The molecule has 0 saturated carbocycles. The summed E-state index contributed by atoms with van der Waals surface area (Å²) in [7, 11) is 0. The molecule has 0 spiro atoms. The Bertz CT molecular complexity index is 344. The van der Waals surface area contributed by atoms with Gasteiger partial charge in [0.1, 0.15) is 0 Å². The van der Waals surface area contributed by atoms with Gasteiger partial charge in [0.05, 0.1) is 6.54 Å². The summed E-state index contributed by atoms with van der Waals surface area (Å²) in [6, 6.07) is 0.108. The molecule has 2 amide bonds. The lowest BCUT2D eigenvalue weighted by Crippen LogP contribution is -2.46. The van der Waals surface area contributed by atoms with Gasteiger partial charge in [-0.3, -0.25) is 9.59 Å². The smallest absolute Gasteiger partial charge is 0.237 e. The molecular weight excluding hydrogens is 254 g/mol. The van der Waals surface area contributed by atoms with Gasteiger partial charge in [-0.2, -0.15) is 0 Å². The largest absolute Gasteiger partial charge is 0.368 e. The van der Waals surface area contributed by atoms with E-state index < -0.39 is 5.91 Å². The van der Waals surface area contributed by atoms with Crippen molar-refractivity contribution in [1.29, 1.82) is 0 Å². The van der Waals surface area contributed by atoms with Crippen molar-refractivity contribution in [2.75, 3.05) is 19.6 Å². The van der Waals surface area contributed by atoms with Crippen LogP contribution < -0.4 is 11.1 Å². The van der Waals surface area contributed by atoms with E-state index in [4.69, 9.17) is 5.73 Å². The molecule has 0 aromatic rings. The van der Waals surface area contributed by atoms with Gasteiger partial charge in [-0.05, 0) is 30.7 Å². The van der Waals surface area contributed by atoms with Crippen LogP contribution in [-0.4, -0.2) is 42.4 Å². The van der Waals surface area contributed by atoms with Crippen molar-refractivity contribution < 1.29 is 9.59 Å². The number of primary amides is 1. The molecule has 1 saturated heterocycles. The van der Waals surface area contributed by atoms with E-state index in [9.17, 15) is 9.59 Å². The summed E-state index contributed by atoms with van der Waals surface area (Å²) < 4.78 is 0. The number of rotatable bonds is 6. The number of hydrogen-bond donors (Lipinski definition) is 2. The minimum atomic E-state index is -0.436. The summed E-state index contributed by atoms with van der Waals surface area (Å²) in [6.45, 7) is 10.3. The maximum atomic E-state index is 12.5. The predicted octanol–water partition coefficient (Wildman–Crippen LogP) is 1.12. The molecule has 1 heterocycles. The van der Waals surface area contributed by atoms with Crippen molar-refractivity contribution in [3.63, 3.8) is 0 Å². The van der Waals surface area contributed by atoms with Gasteiger partial charge in [-0.15, -0.1) is 0 Å². The number of nitrogens with two attached hydrogens (primary N) is 1. The quantitative estimate of drug-likeness (QED) is 0.767. The van der Waals surface area contributed by atoms with Gasteiger partial charge in [0, 0.05) is 19.0 Å². The van der Waals surface area contributed by atoms with E-state index in [-0.39, 0.29) is 23.9 Å². The summed E-state index contributed by atoms with van der Waals surface area (Å²) in [6.07, 6.45) is 2.37. The van der Waals surface area contributed by atoms with E-state index in [2.05, 4.69) is 33.0 Å². The van der Waals surface area contributed by atoms with E-state index in [0.29, 0.717) is 12.3 Å². The first-order chi connectivity index (χ1) is 9.19. The van der Waals surface area contributed by atoms with E-state index in [1.165, 1.54) is 0 Å². The van der Waals surface area contributed by atoms with Gasteiger partial charge in [-0.25, -0.2) is 0 Å². The standard InChI is InChI=1S/C15H29N3O2/c1-11(8-15(2,3)4)7-14(20)18(10-13(16)19)12-5-6-17-9-12/h11-12,17H,5-10H2,1-4H3,(H2,16,19). The van der Waals surface area contributed by atoms with Crippen LogP contribution in [0, 0.1) is 11.3 Å². The van der Waals surface area contributed by atoms with E-state index in [1.807, 2.05) is 0 Å². The molecule has 0 aromatic carbocycles. The zero-order valence-electron chi connectivity index (χ0n) is 13.2. The molecule has 1 fully saturated rings. The van der Waals surface area contributed by atoms with Gasteiger partial charge in [0.25, 0.3) is 0 Å². The first-order valence-corrected chi connectivity index (χ1v) is 7.47. The first kappa shape index (κ1) is 17.0. The number of carbonyl (C=O) groups is 2. The molecule has 116 valence electrons. The van der Waals surface area contributed by atoms with Crippen molar-refractivity contribution in [3.05, 3.63) is 0 Å². The SMILES string of the molecule is CC(CC(=O)N(CC(N)=O)C1CCNC1)CC(C)(C)C.